The lowest BCUT2D eigenvalue weighted by Crippen LogP contribution is -2.58. The molecule has 2 bridgehead atoms. The highest BCUT2D eigenvalue weighted by Gasteiger charge is 2.41. The molecule has 1 N–H and O–H groups in total. The second-order valence-corrected chi connectivity index (χ2v) is 7.56. The maximum Gasteiger partial charge on any atom is 0.0471 e. The zero-order valence-corrected chi connectivity index (χ0v) is 13.4. The first-order chi connectivity index (χ1) is 9.70. The molecule has 3 saturated heterocycles. The van der Waals surface area contributed by atoms with E-state index >= 15 is 0 Å². The summed E-state index contributed by atoms with van der Waals surface area (Å²) in [5, 5.41) is 3.70. The van der Waals surface area contributed by atoms with Gasteiger partial charge >= 0.3 is 0 Å². The number of nitrogens with one attached hydrogen (secondary N) is 1. The Kier molecular flexibility index (Phi) is 4.68. The molecule has 20 heavy (non-hydrogen) atoms. The van der Waals surface area contributed by atoms with Gasteiger partial charge in [-0.25, -0.2) is 0 Å². The van der Waals surface area contributed by atoms with Gasteiger partial charge in [0.1, 0.15) is 0 Å². The molecule has 2 atom stereocenters. The lowest BCUT2D eigenvalue weighted by molar-refractivity contribution is -0.0438. The summed E-state index contributed by atoms with van der Waals surface area (Å²) in [6.45, 7) is 9.11. The Hall–Kier alpha value is -0.120. The predicted molar refractivity (Wildman–Crippen MR) is 83.0 cm³/mol. The van der Waals surface area contributed by atoms with Crippen LogP contribution in [0.4, 0.5) is 0 Å². The van der Waals surface area contributed by atoms with Gasteiger partial charge in [-0.15, -0.1) is 0 Å². The third-order valence-electron chi connectivity index (χ3n) is 5.88. The maximum absolute atomic E-state index is 5.57. The highest BCUT2D eigenvalue weighted by atomic mass is 16.5. The molecule has 0 saturated carbocycles. The van der Waals surface area contributed by atoms with Crippen molar-refractivity contribution in [2.45, 2.75) is 76.9 Å². The van der Waals surface area contributed by atoms with Crippen LogP contribution in [0.15, 0.2) is 0 Å². The van der Waals surface area contributed by atoms with Gasteiger partial charge in [-0.05, 0) is 50.5 Å². The molecule has 0 radical (unpaired) electrons. The monoisotopic (exact) mass is 280 g/mol. The Morgan fingerprint density at radius 1 is 1.15 bits per heavy atom. The van der Waals surface area contributed by atoms with Gasteiger partial charge in [-0.3, -0.25) is 4.90 Å². The fourth-order valence-corrected chi connectivity index (χ4v) is 4.66. The Balaban J connectivity index is 1.64. The SMILES string of the molecule is CCNC1CC2CCCC(C1)N2CC1(C)CCOCC1. The van der Waals surface area contributed by atoms with E-state index in [1.165, 1.54) is 51.5 Å². The van der Waals surface area contributed by atoms with E-state index in [1.807, 2.05) is 0 Å². The second-order valence-electron chi connectivity index (χ2n) is 7.56. The molecule has 2 unspecified atom stereocenters. The van der Waals surface area contributed by atoms with Crippen molar-refractivity contribution in [2.24, 2.45) is 5.41 Å². The molecule has 0 spiro atoms. The summed E-state index contributed by atoms with van der Waals surface area (Å²) in [4.78, 5) is 2.89. The topological polar surface area (TPSA) is 24.5 Å². The van der Waals surface area contributed by atoms with E-state index in [0.29, 0.717) is 5.41 Å². The van der Waals surface area contributed by atoms with Gasteiger partial charge in [-0.1, -0.05) is 20.3 Å². The Bertz CT molecular complexity index is 300. The minimum atomic E-state index is 0.497. The van der Waals surface area contributed by atoms with Crippen molar-refractivity contribution in [3.8, 4) is 0 Å². The van der Waals surface area contributed by atoms with Crippen molar-refractivity contribution >= 4 is 0 Å². The van der Waals surface area contributed by atoms with E-state index in [9.17, 15) is 0 Å². The molecule has 3 rings (SSSR count). The van der Waals surface area contributed by atoms with Gasteiger partial charge in [0, 0.05) is 37.9 Å². The van der Waals surface area contributed by atoms with E-state index in [4.69, 9.17) is 4.74 Å². The quantitative estimate of drug-likeness (QED) is 0.857. The van der Waals surface area contributed by atoms with Gasteiger partial charge in [0.2, 0.25) is 0 Å². The van der Waals surface area contributed by atoms with Crippen molar-refractivity contribution in [1.82, 2.24) is 10.2 Å². The van der Waals surface area contributed by atoms with Crippen LogP contribution in [0.3, 0.4) is 0 Å². The van der Waals surface area contributed by atoms with Crippen LogP contribution in [0.25, 0.3) is 0 Å². The normalized spacial score (nSPS) is 37.8. The van der Waals surface area contributed by atoms with Crippen LogP contribution < -0.4 is 5.32 Å². The second kappa shape index (κ2) is 6.33. The Morgan fingerprint density at radius 3 is 2.40 bits per heavy atom. The van der Waals surface area contributed by atoms with Gasteiger partial charge in [0.25, 0.3) is 0 Å². The van der Waals surface area contributed by atoms with E-state index in [0.717, 1.165) is 37.9 Å². The third-order valence-corrected chi connectivity index (χ3v) is 5.88. The summed E-state index contributed by atoms with van der Waals surface area (Å²) in [6, 6.07) is 2.45. The number of hydrogen-bond acceptors (Lipinski definition) is 3. The number of fused-ring (bicyclic) bond motifs is 2. The molecule has 3 aliphatic heterocycles. The van der Waals surface area contributed by atoms with Crippen LogP contribution in [0, 0.1) is 5.41 Å². The standard InChI is InChI=1S/C17H32N2O/c1-3-18-14-11-15-5-4-6-16(12-14)19(15)13-17(2)7-9-20-10-8-17/h14-16,18H,3-13H2,1-2H3. The summed E-state index contributed by atoms with van der Waals surface area (Å²) in [7, 11) is 0. The van der Waals surface area contributed by atoms with Crippen LogP contribution in [0.5, 0.6) is 0 Å². The molecular formula is C17H32N2O. The van der Waals surface area contributed by atoms with Gasteiger partial charge in [0.05, 0.1) is 0 Å². The smallest absolute Gasteiger partial charge is 0.0471 e. The molecule has 0 aliphatic carbocycles. The zero-order chi connectivity index (χ0) is 14.0. The summed E-state index contributed by atoms with van der Waals surface area (Å²) in [5.41, 5.74) is 0.497. The first-order valence-electron chi connectivity index (χ1n) is 8.77. The first kappa shape index (κ1) is 14.8. The molecule has 0 aromatic heterocycles. The van der Waals surface area contributed by atoms with Crippen LogP contribution >= 0.6 is 0 Å². The summed E-state index contributed by atoms with van der Waals surface area (Å²) in [5.74, 6) is 0. The fourth-order valence-electron chi connectivity index (χ4n) is 4.66. The number of rotatable bonds is 4. The van der Waals surface area contributed by atoms with Crippen molar-refractivity contribution in [1.29, 1.82) is 0 Å². The fraction of sp³-hybridized carbons (Fsp3) is 1.00. The molecule has 0 aromatic carbocycles. The van der Waals surface area contributed by atoms with Crippen LogP contribution in [0.1, 0.15) is 58.8 Å². The van der Waals surface area contributed by atoms with Crippen molar-refractivity contribution in [3.05, 3.63) is 0 Å². The average molecular weight is 280 g/mol. The lowest BCUT2D eigenvalue weighted by atomic mass is 9.76. The minimum Gasteiger partial charge on any atom is -0.381 e. The maximum atomic E-state index is 5.57. The van der Waals surface area contributed by atoms with Crippen molar-refractivity contribution < 1.29 is 4.74 Å². The van der Waals surface area contributed by atoms with Gasteiger partial charge in [-0.2, -0.15) is 0 Å². The van der Waals surface area contributed by atoms with Crippen molar-refractivity contribution in [3.63, 3.8) is 0 Å². The molecular weight excluding hydrogens is 248 g/mol. The Labute approximate surface area is 124 Å². The van der Waals surface area contributed by atoms with Crippen LogP contribution in [-0.4, -0.2) is 49.3 Å². The van der Waals surface area contributed by atoms with Crippen molar-refractivity contribution in [2.75, 3.05) is 26.3 Å². The lowest BCUT2D eigenvalue weighted by Gasteiger charge is -2.52. The number of piperidine rings is 2. The summed E-state index contributed by atoms with van der Waals surface area (Å²) in [6.07, 6.45) is 9.54. The number of hydrogen-bond donors (Lipinski definition) is 1. The predicted octanol–water partition coefficient (Wildman–Crippen LogP) is 2.80. The zero-order valence-electron chi connectivity index (χ0n) is 13.4. The van der Waals surface area contributed by atoms with Gasteiger partial charge < -0.3 is 10.1 Å². The summed E-state index contributed by atoms with van der Waals surface area (Å²) < 4.78 is 5.57. The largest absolute Gasteiger partial charge is 0.381 e. The van der Waals surface area contributed by atoms with Gasteiger partial charge in [0.15, 0.2) is 0 Å². The summed E-state index contributed by atoms with van der Waals surface area (Å²) >= 11 is 0. The van der Waals surface area contributed by atoms with E-state index in [2.05, 4.69) is 24.1 Å². The highest BCUT2D eigenvalue weighted by molar-refractivity contribution is 4.97. The molecule has 3 heterocycles. The number of nitrogens with zero attached hydrogens (tertiary/aromatic N) is 1. The van der Waals surface area contributed by atoms with E-state index in [-0.39, 0.29) is 0 Å². The molecule has 3 aliphatic rings. The van der Waals surface area contributed by atoms with E-state index in [1.54, 1.807) is 0 Å². The molecule has 0 aromatic rings. The minimum absolute atomic E-state index is 0.497. The molecule has 3 nitrogen and oxygen atoms in total. The third kappa shape index (κ3) is 3.20. The molecule has 116 valence electrons. The molecule has 0 amide bonds. The highest BCUT2D eigenvalue weighted by Crippen LogP contribution is 2.39. The van der Waals surface area contributed by atoms with Crippen LogP contribution in [0.2, 0.25) is 0 Å². The van der Waals surface area contributed by atoms with Crippen LogP contribution in [-0.2, 0) is 4.74 Å². The first-order valence-corrected chi connectivity index (χ1v) is 8.77. The molecule has 3 fully saturated rings. The average Bonchev–Trinajstić information content (AvgIpc) is 2.40. The molecule has 3 heteroatoms. The van der Waals surface area contributed by atoms with E-state index < -0.39 is 0 Å². The number of ether oxygens (including phenoxy) is 1. The Morgan fingerprint density at radius 2 is 1.80 bits per heavy atom.